The quantitative estimate of drug-likeness (QED) is 0.286. The lowest BCUT2D eigenvalue weighted by molar-refractivity contribution is -0.139. The molecule has 1 atom stereocenters. The fourth-order valence-corrected chi connectivity index (χ4v) is 3.90. The monoisotopic (exact) mass is 472 g/mol. The van der Waals surface area contributed by atoms with Gasteiger partial charge in [-0.15, -0.1) is 0 Å². The number of hydrogen-bond acceptors (Lipinski definition) is 4. The first-order valence-corrected chi connectivity index (χ1v) is 11.2. The molecule has 0 aromatic heterocycles. The van der Waals surface area contributed by atoms with E-state index in [2.05, 4.69) is 17.2 Å². The van der Waals surface area contributed by atoms with Gasteiger partial charge >= 0.3 is 12.1 Å². The van der Waals surface area contributed by atoms with E-state index in [0.717, 1.165) is 16.7 Å². The van der Waals surface area contributed by atoms with E-state index < -0.39 is 23.6 Å². The summed E-state index contributed by atoms with van der Waals surface area (Å²) in [6.45, 7) is 3.39. The Hall–Kier alpha value is -4.39. The zero-order valence-electron chi connectivity index (χ0n) is 19.2. The molecule has 0 radical (unpaired) electrons. The molecule has 0 aliphatic carbocycles. The Kier molecular flexibility index (Phi) is 8.78. The average Bonchev–Trinajstić information content (AvgIpc) is 2.89. The fraction of sp³-hybridized carbons (Fsp3) is 0.179. The maximum Gasteiger partial charge on any atom is 0.408 e. The first kappa shape index (κ1) is 25.2. The standard InChI is InChI=1S/C28H28N2O5/c1-2-20-35-27(34)29-24(26(32)33)18-19-25(31)30-28(21-12-6-3-7-13-21,22-14-8-4-9-15-22)23-16-10-5-11-17-23/h2-17,24H,1,18-20H2,(H,29,34)(H,30,31)(H,32,33)/t24-/m0/s1. The largest absolute Gasteiger partial charge is 0.480 e. The predicted octanol–water partition coefficient (Wildman–Crippen LogP) is 4.24. The molecule has 0 unspecified atom stereocenters. The van der Waals surface area contributed by atoms with Crippen LogP contribution in [0, 0.1) is 0 Å². The molecule has 180 valence electrons. The van der Waals surface area contributed by atoms with Gasteiger partial charge in [0.25, 0.3) is 0 Å². The van der Waals surface area contributed by atoms with Crippen molar-refractivity contribution in [2.24, 2.45) is 0 Å². The Labute approximate surface area is 204 Å². The molecule has 35 heavy (non-hydrogen) atoms. The minimum Gasteiger partial charge on any atom is -0.480 e. The predicted molar refractivity (Wildman–Crippen MR) is 133 cm³/mol. The number of hydrogen-bond donors (Lipinski definition) is 3. The van der Waals surface area contributed by atoms with Crippen molar-refractivity contribution in [1.29, 1.82) is 0 Å². The zero-order valence-corrected chi connectivity index (χ0v) is 19.2. The van der Waals surface area contributed by atoms with Crippen molar-refractivity contribution in [3.05, 3.63) is 120 Å². The van der Waals surface area contributed by atoms with E-state index in [1.807, 2.05) is 91.0 Å². The van der Waals surface area contributed by atoms with Crippen LogP contribution >= 0.6 is 0 Å². The van der Waals surface area contributed by atoms with Crippen LogP contribution in [0.25, 0.3) is 0 Å². The van der Waals surface area contributed by atoms with Crippen molar-refractivity contribution >= 4 is 18.0 Å². The van der Waals surface area contributed by atoms with Crippen LogP contribution in [0.4, 0.5) is 4.79 Å². The van der Waals surface area contributed by atoms with Gasteiger partial charge in [-0.3, -0.25) is 4.79 Å². The van der Waals surface area contributed by atoms with Crippen molar-refractivity contribution in [2.75, 3.05) is 6.61 Å². The van der Waals surface area contributed by atoms with Crippen molar-refractivity contribution in [3.8, 4) is 0 Å². The minimum absolute atomic E-state index is 0.0492. The molecule has 0 spiro atoms. The second-order valence-electron chi connectivity index (χ2n) is 7.86. The lowest BCUT2D eigenvalue weighted by Gasteiger charge is -2.37. The summed E-state index contributed by atoms with van der Waals surface area (Å²) in [5, 5.41) is 15.0. The smallest absolute Gasteiger partial charge is 0.408 e. The summed E-state index contributed by atoms with van der Waals surface area (Å²) in [5.41, 5.74) is 1.56. The molecule has 0 heterocycles. The molecular formula is C28H28N2O5. The highest BCUT2D eigenvalue weighted by Gasteiger charge is 2.38. The Morgan fingerprint density at radius 2 is 1.31 bits per heavy atom. The highest BCUT2D eigenvalue weighted by Crippen LogP contribution is 2.36. The van der Waals surface area contributed by atoms with Crippen molar-refractivity contribution < 1.29 is 24.2 Å². The van der Waals surface area contributed by atoms with Crippen molar-refractivity contribution in [2.45, 2.75) is 24.4 Å². The Balaban J connectivity index is 1.91. The number of ether oxygens (including phenoxy) is 1. The van der Waals surface area contributed by atoms with E-state index in [9.17, 15) is 19.5 Å². The molecule has 7 heteroatoms. The molecule has 2 amide bonds. The topological polar surface area (TPSA) is 105 Å². The number of amides is 2. The Morgan fingerprint density at radius 3 is 1.71 bits per heavy atom. The number of carbonyl (C=O) groups is 3. The molecule has 3 aromatic rings. The highest BCUT2D eigenvalue weighted by atomic mass is 16.5. The molecule has 0 bridgehead atoms. The molecule has 7 nitrogen and oxygen atoms in total. The molecule has 3 N–H and O–H groups in total. The van der Waals surface area contributed by atoms with Gasteiger partial charge in [0.2, 0.25) is 5.91 Å². The van der Waals surface area contributed by atoms with Gasteiger partial charge in [0.05, 0.1) is 0 Å². The van der Waals surface area contributed by atoms with Gasteiger partial charge in [0.1, 0.15) is 18.2 Å². The van der Waals surface area contributed by atoms with Crippen LogP contribution in [0.15, 0.2) is 104 Å². The van der Waals surface area contributed by atoms with Crippen LogP contribution < -0.4 is 10.6 Å². The third-order valence-electron chi connectivity index (χ3n) is 5.53. The van der Waals surface area contributed by atoms with Gasteiger partial charge < -0.3 is 20.5 Å². The van der Waals surface area contributed by atoms with E-state index in [4.69, 9.17) is 4.74 Å². The summed E-state index contributed by atoms with van der Waals surface area (Å²) < 4.78 is 4.80. The van der Waals surface area contributed by atoms with Crippen LogP contribution in [-0.2, 0) is 19.9 Å². The van der Waals surface area contributed by atoms with Crippen LogP contribution in [0.3, 0.4) is 0 Å². The summed E-state index contributed by atoms with van der Waals surface area (Å²) in [5.74, 6) is -1.62. The average molecular weight is 473 g/mol. The third-order valence-corrected chi connectivity index (χ3v) is 5.53. The first-order valence-electron chi connectivity index (χ1n) is 11.2. The molecular weight excluding hydrogens is 444 g/mol. The number of aliphatic carboxylic acids is 1. The van der Waals surface area contributed by atoms with E-state index in [1.165, 1.54) is 6.08 Å². The molecule has 0 aliphatic heterocycles. The first-order chi connectivity index (χ1) is 17.0. The van der Waals surface area contributed by atoms with E-state index in [1.54, 1.807) is 0 Å². The van der Waals surface area contributed by atoms with Crippen LogP contribution in [0.5, 0.6) is 0 Å². The Bertz CT molecular complexity index is 1040. The maximum atomic E-state index is 13.3. The second-order valence-corrected chi connectivity index (χ2v) is 7.86. The van der Waals surface area contributed by atoms with Gasteiger partial charge in [-0.25, -0.2) is 9.59 Å². The summed E-state index contributed by atoms with van der Waals surface area (Å²) >= 11 is 0. The number of nitrogens with one attached hydrogen (secondary N) is 2. The number of carboxylic acid groups (broad SMARTS) is 1. The fourth-order valence-electron chi connectivity index (χ4n) is 3.90. The van der Waals surface area contributed by atoms with Crippen LogP contribution in [0.1, 0.15) is 29.5 Å². The molecule has 0 saturated carbocycles. The highest BCUT2D eigenvalue weighted by molar-refractivity contribution is 5.82. The minimum atomic E-state index is -1.28. The summed E-state index contributed by atoms with van der Waals surface area (Å²) in [6, 6.07) is 27.5. The van der Waals surface area contributed by atoms with Gasteiger partial charge in [0, 0.05) is 6.42 Å². The lowest BCUT2D eigenvalue weighted by atomic mass is 9.77. The lowest BCUT2D eigenvalue weighted by Crippen LogP contribution is -2.48. The van der Waals surface area contributed by atoms with Crippen molar-refractivity contribution in [1.82, 2.24) is 10.6 Å². The number of carbonyl (C=O) groups excluding carboxylic acids is 2. The number of alkyl carbamates (subject to hydrolysis) is 1. The Morgan fingerprint density at radius 1 is 0.857 bits per heavy atom. The zero-order chi connectivity index (χ0) is 25.1. The van der Waals surface area contributed by atoms with Crippen molar-refractivity contribution in [3.63, 3.8) is 0 Å². The van der Waals surface area contributed by atoms with Gasteiger partial charge in [0.15, 0.2) is 0 Å². The number of benzene rings is 3. The second kappa shape index (κ2) is 12.2. The third kappa shape index (κ3) is 6.35. The van der Waals surface area contributed by atoms with Gasteiger partial charge in [-0.2, -0.15) is 0 Å². The number of rotatable bonds is 11. The molecule has 0 aliphatic rings. The maximum absolute atomic E-state index is 13.3. The molecule has 0 fully saturated rings. The van der Waals surface area contributed by atoms with Crippen LogP contribution in [0.2, 0.25) is 0 Å². The van der Waals surface area contributed by atoms with Gasteiger partial charge in [-0.05, 0) is 23.1 Å². The number of carboxylic acids is 1. The SMILES string of the molecule is C=CCOC(=O)N[C@@H](CCC(=O)NC(c1ccccc1)(c1ccccc1)c1ccccc1)C(=O)O. The summed E-state index contributed by atoms with van der Waals surface area (Å²) in [7, 11) is 0. The van der Waals surface area contributed by atoms with Gasteiger partial charge in [-0.1, -0.05) is 104 Å². The summed E-state index contributed by atoms with van der Waals surface area (Å²) in [4.78, 5) is 36.8. The summed E-state index contributed by atoms with van der Waals surface area (Å²) in [6.07, 6.45) is 0.246. The normalized spacial score (nSPS) is 11.7. The molecule has 0 saturated heterocycles. The molecule has 3 aromatic carbocycles. The van der Waals surface area contributed by atoms with E-state index >= 15 is 0 Å². The molecule has 3 rings (SSSR count). The van der Waals surface area contributed by atoms with E-state index in [-0.39, 0.29) is 25.4 Å². The van der Waals surface area contributed by atoms with Crippen LogP contribution in [-0.4, -0.2) is 35.7 Å². The van der Waals surface area contributed by atoms with E-state index in [0.29, 0.717) is 0 Å².